The summed E-state index contributed by atoms with van der Waals surface area (Å²) < 4.78 is 38.4. The zero-order valence-electron chi connectivity index (χ0n) is 27.3. The summed E-state index contributed by atoms with van der Waals surface area (Å²) in [7, 11) is 0. The monoisotopic (exact) mass is 660 g/mol. The van der Waals surface area contributed by atoms with Crippen molar-refractivity contribution in [1.82, 2.24) is 0 Å². The van der Waals surface area contributed by atoms with E-state index in [0.717, 1.165) is 11.1 Å². The average molecular weight is 661 g/mol. The largest absolute Gasteiger partial charge is 0.463 e. The van der Waals surface area contributed by atoms with E-state index in [1.54, 1.807) is 0 Å². The molecule has 2 heterocycles. The highest BCUT2D eigenvalue weighted by Crippen LogP contribution is 2.29. The molecule has 0 aromatic heterocycles. The maximum absolute atomic E-state index is 11.8. The maximum atomic E-state index is 11.8. The van der Waals surface area contributed by atoms with E-state index in [-0.39, 0.29) is 26.1 Å². The second-order valence-electron chi connectivity index (χ2n) is 11.5. The lowest BCUT2D eigenvalue weighted by molar-refractivity contribution is -0.211. The van der Waals surface area contributed by atoms with Crippen molar-refractivity contribution in [3.05, 3.63) is 47.5 Å². The Morgan fingerprint density at radius 2 is 1.17 bits per heavy atom. The molecule has 8 atom stereocenters. The molecule has 258 valence electrons. The molecule has 8 unspecified atom stereocenters. The fourth-order valence-electron chi connectivity index (χ4n) is 5.43. The molecule has 0 spiro atoms. The standard InChI is InChI=1S/C34H44O13/c1-20(35)41-18-27-16-32(44-23(4)38)34(45-24(5)39)30(46-27)11-7-9-26-14-12-25(13-15-26)8-6-10-29-28(40)17-31(43-22(3)37)33(47-29)19-42-21(2)36/h6-9,12-15,27-34,40H,10-11,16-19H2,1-5H3. The Kier molecular flexibility index (Phi) is 14.6. The van der Waals surface area contributed by atoms with Crippen LogP contribution in [-0.4, -0.2) is 97.0 Å². The Hall–Kier alpha value is -4.07. The smallest absolute Gasteiger partial charge is 0.303 e. The topological polar surface area (TPSA) is 170 Å². The number of carbonyl (C=O) groups is 5. The number of ether oxygens (including phenoxy) is 7. The summed E-state index contributed by atoms with van der Waals surface area (Å²) in [4.78, 5) is 57.7. The molecular formula is C34H44O13. The summed E-state index contributed by atoms with van der Waals surface area (Å²) in [5, 5.41) is 10.6. The molecule has 2 saturated heterocycles. The minimum absolute atomic E-state index is 0.0232. The molecule has 2 fully saturated rings. The molecule has 0 aliphatic carbocycles. The molecule has 13 heteroatoms. The van der Waals surface area contributed by atoms with E-state index in [9.17, 15) is 29.1 Å². The highest BCUT2D eigenvalue weighted by Gasteiger charge is 2.43. The SMILES string of the molecule is CC(=O)OCC1CC(OC(C)=O)C(OC(C)=O)C(CC=Cc2ccc(C=CCC3OC(COC(C)=O)C(OC(C)=O)CC3O)cc2)O1. The lowest BCUT2D eigenvalue weighted by atomic mass is 9.95. The van der Waals surface area contributed by atoms with Gasteiger partial charge < -0.3 is 38.3 Å². The van der Waals surface area contributed by atoms with Gasteiger partial charge in [0.25, 0.3) is 0 Å². The van der Waals surface area contributed by atoms with Crippen molar-refractivity contribution in [3.8, 4) is 0 Å². The van der Waals surface area contributed by atoms with Crippen molar-refractivity contribution in [2.75, 3.05) is 13.2 Å². The molecule has 1 aromatic carbocycles. The van der Waals surface area contributed by atoms with Crippen molar-refractivity contribution in [3.63, 3.8) is 0 Å². The number of carbonyl (C=O) groups excluding carboxylic acids is 5. The van der Waals surface area contributed by atoms with Crippen molar-refractivity contribution < 1.29 is 62.2 Å². The van der Waals surface area contributed by atoms with Gasteiger partial charge >= 0.3 is 29.8 Å². The van der Waals surface area contributed by atoms with Crippen LogP contribution in [0, 0.1) is 0 Å². The lowest BCUT2D eigenvalue weighted by Crippen LogP contribution is -2.52. The molecule has 1 aromatic rings. The van der Waals surface area contributed by atoms with Crippen LogP contribution in [0.2, 0.25) is 0 Å². The van der Waals surface area contributed by atoms with Gasteiger partial charge in [-0.1, -0.05) is 48.6 Å². The minimum atomic E-state index is -0.875. The van der Waals surface area contributed by atoms with Crippen LogP contribution in [0.25, 0.3) is 12.2 Å². The average Bonchev–Trinajstić information content (AvgIpc) is 2.98. The molecule has 2 aliphatic rings. The number of esters is 5. The number of rotatable bonds is 13. The van der Waals surface area contributed by atoms with E-state index in [0.29, 0.717) is 12.8 Å². The number of hydrogen-bond donors (Lipinski definition) is 1. The molecule has 1 N–H and O–H groups in total. The predicted octanol–water partition coefficient (Wildman–Crippen LogP) is 3.09. The molecule has 0 bridgehead atoms. The molecule has 13 nitrogen and oxygen atoms in total. The Morgan fingerprint density at radius 3 is 1.70 bits per heavy atom. The summed E-state index contributed by atoms with van der Waals surface area (Å²) >= 11 is 0. The molecule has 0 saturated carbocycles. The third-order valence-corrected chi connectivity index (χ3v) is 7.42. The summed E-state index contributed by atoms with van der Waals surface area (Å²) in [6, 6.07) is 7.66. The van der Waals surface area contributed by atoms with E-state index < -0.39 is 78.7 Å². The van der Waals surface area contributed by atoms with Crippen molar-refractivity contribution in [2.45, 2.75) is 109 Å². The summed E-state index contributed by atoms with van der Waals surface area (Å²) in [6.45, 7) is 6.26. The van der Waals surface area contributed by atoms with Crippen LogP contribution in [0.5, 0.6) is 0 Å². The number of aliphatic hydroxyl groups excluding tert-OH is 1. The summed E-state index contributed by atoms with van der Waals surface area (Å²) in [5.41, 5.74) is 1.80. The van der Waals surface area contributed by atoms with Gasteiger partial charge in [-0.3, -0.25) is 24.0 Å². The van der Waals surface area contributed by atoms with Crippen molar-refractivity contribution >= 4 is 42.0 Å². The van der Waals surface area contributed by atoms with Crippen molar-refractivity contribution in [1.29, 1.82) is 0 Å². The lowest BCUT2D eigenvalue weighted by Gasteiger charge is -2.40. The van der Waals surface area contributed by atoms with E-state index in [2.05, 4.69) is 0 Å². The second-order valence-corrected chi connectivity index (χ2v) is 11.5. The number of benzene rings is 1. The first kappa shape index (κ1) is 37.4. The van der Waals surface area contributed by atoms with Crippen molar-refractivity contribution in [2.24, 2.45) is 0 Å². The van der Waals surface area contributed by atoms with Crippen LogP contribution in [0.1, 0.15) is 71.4 Å². The fraction of sp³-hybridized carbons (Fsp3) is 0.559. The molecular weight excluding hydrogens is 616 g/mol. The van der Waals surface area contributed by atoms with Gasteiger partial charge in [0.05, 0.1) is 18.3 Å². The zero-order chi connectivity index (χ0) is 34.5. The van der Waals surface area contributed by atoms with Gasteiger partial charge in [0.2, 0.25) is 0 Å². The first-order valence-electron chi connectivity index (χ1n) is 15.5. The van der Waals surface area contributed by atoms with Crippen LogP contribution in [0.4, 0.5) is 0 Å². The van der Waals surface area contributed by atoms with E-state index >= 15 is 0 Å². The maximum Gasteiger partial charge on any atom is 0.303 e. The first-order chi connectivity index (χ1) is 22.3. The fourth-order valence-corrected chi connectivity index (χ4v) is 5.43. The zero-order valence-corrected chi connectivity index (χ0v) is 27.3. The van der Waals surface area contributed by atoms with Gasteiger partial charge in [-0.2, -0.15) is 0 Å². The third kappa shape index (κ3) is 12.9. The highest BCUT2D eigenvalue weighted by molar-refractivity contribution is 5.68. The van der Waals surface area contributed by atoms with Gasteiger partial charge in [-0.05, 0) is 24.0 Å². The van der Waals surface area contributed by atoms with E-state index in [4.69, 9.17) is 33.2 Å². The highest BCUT2D eigenvalue weighted by atomic mass is 16.6. The van der Waals surface area contributed by atoms with Crippen LogP contribution in [0.15, 0.2) is 36.4 Å². The Bertz CT molecular complexity index is 1290. The van der Waals surface area contributed by atoms with Gasteiger partial charge in [-0.25, -0.2) is 0 Å². The molecule has 0 amide bonds. The molecule has 2 aliphatic heterocycles. The third-order valence-electron chi connectivity index (χ3n) is 7.42. The molecule has 0 radical (unpaired) electrons. The number of hydrogen-bond acceptors (Lipinski definition) is 13. The predicted molar refractivity (Wildman–Crippen MR) is 166 cm³/mol. The first-order valence-corrected chi connectivity index (χ1v) is 15.5. The Morgan fingerprint density at radius 1 is 0.660 bits per heavy atom. The molecule has 47 heavy (non-hydrogen) atoms. The Balaban J connectivity index is 1.60. The van der Waals surface area contributed by atoms with Crippen LogP contribution in [-0.2, 0) is 57.1 Å². The van der Waals surface area contributed by atoms with E-state index in [1.165, 1.54) is 34.6 Å². The van der Waals surface area contributed by atoms with Gasteiger partial charge in [0.15, 0.2) is 6.10 Å². The normalized spacial score (nSPS) is 27.6. The van der Waals surface area contributed by atoms with Crippen LogP contribution in [0.3, 0.4) is 0 Å². The van der Waals surface area contributed by atoms with Gasteiger partial charge in [0, 0.05) is 47.5 Å². The summed E-state index contributed by atoms with van der Waals surface area (Å²) in [5.74, 6) is -2.52. The quantitative estimate of drug-likeness (QED) is 0.242. The molecule has 3 rings (SSSR count). The van der Waals surface area contributed by atoms with Gasteiger partial charge in [0.1, 0.15) is 37.6 Å². The second kappa shape index (κ2) is 18.3. The minimum Gasteiger partial charge on any atom is -0.463 e. The Labute approximate surface area is 274 Å². The number of aliphatic hydroxyl groups is 1. The van der Waals surface area contributed by atoms with Crippen LogP contribution < -0.4 is 0 Å². The van der Waals surface area contributed by atoms with E-state index in [1.807, 2.05) is 48.6 Å². The van der Waals surface area contributed by atoms with Gasteiger partial charge in [-0.15, -0.1) is 0 Å². The summed E-state index contributed by atoms with van der Waals surface area (Å²) in [6.07, 6.45) is 2.93. The van der Waals surface area contributed by atoms with Crippen LogP contribution >= 0.6 is 0 Å².